The fourth-order valence-electron chi connectivity index (χ4n) is 1.01. The summed E-state index contributed by atoms with van der Waals surface area (Å²) in [5.74, 6) is 2.40. The zero-order valence-corrected chi connectivity index (χ0v) is 8.49. The second-order valence-electron chi connectivity index (χ2n) is 3.25. The molecule has 0 aromatic carbocycles. The maximum atomic E-state index is 3.29. The van der Waals surface area contributed by atoms with E-state index in [0.717, 1.165) is 0 Å². The maximum Gasteiger partial charge on any atom is 0.105 e. The number of allylic oxidation sites excluding steroid dienone is 1. The van der Waals surface area contributed by atoms with Crippen molar-refractivity contribution in [2.45, 2.75) is 18.9 Å². The molecule has 0 radical (unpaired) electrons. The van der Waals surface area contributed by atoms with Crippen molar-refractivity contribution in [2.24, 2.45) is 0 Å². The molecule has 1 atom stereocenters. The molecule has 0 aliphatic heterocycles. The van der Waals surface area contributed by atoms with Gasteiger partial charge < -0.3 is 5.32 Å². The van der Waals surface area contributed by atoms with Crippen LogP contribution in [0.1, 0.15) is 12.8 Å². The zero-order valence-electron chi connectivity index (χ0n) is 7.59. The molecule has 2 heteroatoms. The molecule has 1 aliphatic rings. The summed E-state index contributed by atoms with van der Waals surface area (Å²) in [6, 6.07) is 0.522. The van der Waals surface area contributed by atoms with Crippen molar-refractivity contribution >= 4 is 13.3 Å². The van der Waals surface area contributed by atoms with Crippen LogP contribution in [0.15, 0.2) is 11.6 Å². The van der Waals surface area contributed by atoms with Gasteiger partial charge in [-0.05, 0) is 19.9 Å². The average Bonchev–Trinajstić information content (AvgIpc) is 2.69. The Morgan fingerprint density at radius 1 is 1.45 bits per heavy atom. The molecule has 0 aromatic rings. The molecule has 0 spiro atoms. The van der Waals surface area contributed by atoms with E-state index in [4.69, 9.17) is 0 Å². The first kappa shape index (κ1) is 8.96. The molecule has 0 saturated heterocycles. The van der Waals surface area contributed by atoms with Gasteiger partial charge in [-0.2, -0.15) is 0 Å². The maximum absolute atomic E-state index is 3.29. The van der Waals surface area contributed by atoms with Gasteiger partial charge in [0, 0.05) is 0 Å². The van der Waals surface area contributed by atoms with Gasteiger partial charge in [-0.15, -0.1) is 0 Å². The monoisotopic (exact) mass is 170 g/mol. The highest BCUT2D eigenvalue weighted by Gasteiger charge is 2.13. The molecule has 1 rings (SSSR count). The third-order valence-corrected chi connectivity index (χ3v) is 2.66. The van der Waals surface area contributed by atoms with Gasteiger partial charge in [0.1, 0.15) is 5.80 Å². The van der Waals surface area contributed by atoms with Gasteiger partial charge in [-0.25, -0.2) is 0 Å². The lowest BCUT2D eigenvalue weighted by molar-refractivity contribution is 0.840. The predicted octanol–water partition coefficient (Wildman–Crippen LogP) is 1.84. The van der Waals surface area contributed by atoms with Crippen molar-refractivity contribution in [3.63, 3.8) is 0 Å². The Morgan fingerprint density at radius 2 is 2.09 bits per heavy atom. The van der Waals surface area contributed by atoms with E-state index >= 15 is 0 Å². The first-order valence-corrected chi connectivity index (χ1v) is 6.41. The third-order valence-electron chi connectivity index (χ3n) is 1.75. The van der Waals surface area contributed by atoms with Crippen LogP contribution < -0.4 is 5.32 Å². The molecule has 0 aromatic heterocycles. The third kappa shape index (κ3) is 3.69. The van der Waals surface area contributed by atoms with E-state index in [2.05, 4.69) is 30.5 Å². The zero-order chi connectivity index (χ0) is 8.27. The quantitative estimate of drug-likeness (QED) is 0.503. The highest BCUT2D eigenvalue weighted by molar-refractivity contribution is 7.55. The Kier molecular flexibility index (Phi) is 3.29. The van der Waals surface area contributed by atoms with E-state index in [0.29, 0.717) is 6.04 Å². The minimum absolute atomic E-state index is 0.119. The average molecular weight is 170 g/mol. The molecule has 1 aliphatic carbocycles. The summed E-state index contributed by atoms with van der Waals surface area (Å²) in [6.45, 7) is 4.57. The van der Waals surface area contributed by atoms with Crippen LogP contribution in [-0.4, -0.2) is 32.2 Å². The molecule has 1 saturated carbocycles. The Balaban J connectivity index is 2.49. The Labute approximate surface area is 70.3 Å². The lowest BCUT2D eigenvalue weighted by Gasteiger charge is -2.00. The summed E-state index contributed by atoms with van der Waals surface area (Å²) in [5.41, 5.74) is 1.62. The van der Waals surface area contributed by atoms with Crippen LogP contribution in [-0.2, 0) is 0 Å². The standard InChI is InChI=1S/C9H17NP/c1-10-9(7-11(2)3)6-8-4-5-8/h6-7,9-10H,4-5H2,1-3H3/q+1. The lowest BCUT2D eigenvalue weighted by atomic mass is 10.3. The van der Waals surface area contributed by atoms with Crippen LogP contribution in [0.25, 0.3) is 0 Å². The second kappa shape index (κ2) is 4.04. The topological polar surface area (TPSA) is 12.0 Å². The van der Waals surface area contributed by atoms with Gasteiger partial charge in [0.25, 0.3) is 0 Å². The fraction of sp³-hybridized carbons (Fsp3) is 0.667. The molecule has 1 N–H and O–H groups in total. The first-order valence-electron chi connectivity index (χ1n) is 4.10. The Hall–Kier alpha value is -0.130. The smallest absolute Gasteiger partial charge is 0.105 e. The minimum atomic E-state index is 0.119. The molecule has 1 nitrogen and oxygen atoms in total. The SMILES string of the molecule is CNC(C=C1CC1)C=[P+](C)C. The van der Waals surface area contributed by atoms with Gasteiger partial charge in [-0.1, -0.05) is 11.6 Å². The van der Waals surface area contributed by atoms with Crippen LogP contribution in [0, 0.1) is 0 Å². The molecule has 62 valence electrons. The second-order valence-corrected chi connectivity index (χ2v) is 5.48. The van der Waals surface area contributed by atoms with Crippen molar-refractivity contribution in [2.75, 3.05) is 20.4 Å². The number of rotatable bonds is 3. The van der Waals surface area contributed by atoms with Crippen LogP contribution in [0.5, 0.6) is 0 Å². The summed E-state index contributed by atoms with van der Waals surface area (Å²) in [7, 11) is 2.15. The number of hydrogen-bond donors (Lipinski definition) is 1. The summed E-state index contributed by atoms with van der Waals surface area (Å²) in [4.78, 5) is 0. The van der Waals surface area contributed by atoms with Crippen molar-refractivity contribution in [1.82, 2.24) is 5.32 Å². The van der Waals surface area contributed by atoms with Crippen molar-refractivity contribution in [1.29, 1.82) is 0 Å². The molecule has 0 heterocycles. The van der Waals surface area contributed by atoms with Crippen molar-refractivity contribution < 1.29 is 0 Å². The van der Waals surface area contributed by atoms with Crippen LogP contribution in [0.3, 0.4) is 0 Å². The van der Waals surface area contributed by atoms with E-state index in [-0.39, 0.29) is 7.55 Å². The molecule has 0 amide bonds. The number of nitrogens with one attached hydrogen (secondary N) is 1. The summed E-state index contributed by atoms with van der Waals surface area (Å²) in [5, 5.41) is 3.29. The van der Waals surface area contributed by atoms with E-state index in [1.165, 1.54) is 12.8 Å². The molecule has 1 unspecified atom stereocenters. The molecular formula is C9H17NP+. The highest BCUT2D eigenvalue weighted by atomic mass is 31.1. The van der Waals surface area contributed by atoms with Gasteiger partial charge >= 0.3 is 0 Å². The van der Waals surface area contributed by atoms with E-state index < -0.39 is 0 Å². The molecule has 0 bridgehead atoms. The molecule has 1 fully saturated rings. The Morgan fingerprint density at radius 3 is 2.45 bits per heavy atom. The number of hydrogen-bond acceptors (Lipinski definition) is 1. The van der Waals surface area contributed by atoms with Crippen LogP contribution >= 0.6 is 7.55 Å². The van der Waals surface area contributed by atoms with Crippen molar-refractivity contribution in [3.8, 4) is 0 Å². The normalized spacial score (nSPS) is 17.5. The Bertz CT molecular complexity index is 176. The highest BCUT2D eigenvalue weighted by Crippen LogP contribution is 2.28. The summed E-state index contributed by atoms with van der Waals surface area (Å²) >= 11 is 0. The minimum Gasteiger partial charge on any atom is -0.307 e. The first-order chi connectivity index (χ1) is 5.22. The van der Waals surface area contributed by atoms with Crippen LogP contribution in [0.2, 0.25) is 0 Å². The van der Waals surface area contributed by atoms with Gasteiger partial charge in [0.2, 0.25) is 0 Å². The van der Waals surface area contributed by atoms with Gasteiger partial charge in [0.15, 0.2) is 0 Å². The summed E-state index contributed by atoms with van der Waals surface area (Å²) < 4.78 is 0. The number of likely N-dealkylation sites (N-methyl/N-ethyl adjacent to an activating group) is 1. The molecule has 11 heavy (non-hydrogen) atoms. The van der Waals surface area contributed by atoms with E-state index in [1.807, 2.05) is 7.05 Å². The summed E-state index contributed by atoms with van der Waals surface area (Å²) in [6.07, 6.45) is 5.02. The van der Waals surface area contributed by atoms with Gasteiger partial charge in [0.05, 0.1) is 26.9 Å². The lowest BCUT2D eigenvalue weighted by Crippen LogP contribution is -2.23. The van der Waals surface area contributed by atoms with E-state index in [9.17, 15) is 0 Å². The van der Waals surface area contributed by atoms with Crippen LogP contribution in [0.4, 0.5) is 0 Å². The predicted molar refractivity (Wildman–Crippen MR) is 55.0 cm³/mol. The van der Waals surface area contributed by atoms with Crippen molar-refractivity contribution in [3.05, 3.63) is 11.6 Å². The van der Waals surface area contributed by atoms with E-state index in [1.54, 1.807) is 5.57 Å². The van der Waals surface area contributed by atoms with Gasteiger partial charge in [-0.3, -0.25) is 0 Å². The molecular weight excluding hydrogens is 153 g/mol. The fourth-order valence-corrected chi connectivity index (χ4v) is 1.89. The largest absolute Gasteiger partial charge is 0.307 e.